The highest BCUT2D eigenvalue weighted by Gasteiger charge is 2.25. The third-order valence-electron chi connectivity index (χ3n) is 2.80. The zero-order valence-corrected chi connectivity index (χ0v) is 12.8. The number of rotatable bonds is 2. The van der Waals surface area contributed by atoms with Crippen molar-refractivity contribution >= 4 is 29.5 Å². The Labute approximate surface area is 126 Å². The van der Waals surface area contributed by atoms with Gasteiger partial charge in [0, 0.05) is 5.56 Å². The Morgan fingerprint density at radius 2 is 1.95 bits per heavy atom. The van der Waals surface area contributed by atoms with Gasteiger partial charge in [0.25, 0.3) is 0 Å². The molecule has 0 bridgehead atoms. The molecule has 0 aliphatic rings. The molecule has 0 spiro atoms. The van der Waals surface area contributed by atoms with E-state index in [2.05, 4.69) is 5.10 Å². The number of nitrogens with zero attached hydrogens (tertiary/aromatic N) is 2. The van der Waals surface area contributed by atoms with E-state index in [1.54, 1.807) is 0 Å². The minimum Gasteiger partial charge on any atom is -0.298 e. The first-order valence-electron chi connectivity index (χ1n) is 5.95. The van der Waals surface area contributed by atoms with Gasteiger partial charge >= 0.3 is 0 Å². The summed E-state index contributed by atoms with van der Waals surface area (Å²) in [6, 6.07) is 3.90. The normalized spacial score (nSPS) is 11.7. The van der Waals surface area contributed by atoms with Gasteiger partial charge in [-0.05, 0) is 39.0 Å². The summed E-state index contributed by atoms with van der Waals surface area (Å²) in [5.74, 6) is -0.456. The van der Waals surface area contributed by atoms with Gasteiger partial charge in [0.1, 0.15) is 16.7 Å². The Balaban J connectivity index is 2.75. The second kappa shape index (κ2) is 5.19. The van der Waals surface area contributed by atoms with Crippen LogP contribution in [0.3, 0.4) is 0 Å². The summed E-state index contributed by atoms with van der Waals surface area (Å²) in [7, 11) is 0. The molecule has 0 amide bonds. The van der Waals surface area contributed by atoms with Gasteiger partial charge in [-0.25, -0.2) is 9.07 Å². The van der Waals surface area contributed by atoms with Crippen molar-refractivity contribution in [2.24, 2.45) is 0 Å². The second-order valence-corrected chi connectivity index (χ2v) is 6.14. The molecule has 20 heavy (non-hydrogen) atoms. The zero-order chi connectivity index (χ0) is 15.1. The van der Waals surface area contributed by atoms with Crippen molar-refractivity contribution < 1.29 is 9.18 Å². The summed E-state index contributed by atoms with van der Waals surface area (Å²) < 4.78 is 14.9. The molecule has 0 aliphatic heterocycles. The Morgan fingerprint density at radius 3 is 2.50 bits per heavy atom. The fraction of sp³-hybridized carbons (Fsp3) is 0.286. The number of benzene rings is 1. The molecule has 0 aliphatic carbocycles. The first kappa shape index (κ1) is 15.0. The lowest BCUT2D eigenvalue weighted by Crippen LogP contribution is -2.23. The highest BCUT2D eigenvalue weighted by Crippen LogP contribution is 2.35. The van der Waals surface area contributed by atoms with Crippen LogP contribution in [-0.4, -0.2) is 16.1 Å². The summed E-state index contributed by atoms with van der Waals surface area (Å²) in [4.78, 5) is 11.3. The maximum atomic E-state index is 13.4. The lowest BCUT2D eigenvalue weighted by molar-refractivity contribution is 0.112. The van der Waals surface area contributed by atoms with Crippen molar-refractivity contribution in [1.82, 2.24) is 9.78 Å². The highest BCUT2D eigenvalue weighted by molar-refractivity contribution is 6.34. The molecule has 0 unspecified atom stereocenters. The van der Waals surface area contributed by atoms with E-state index in [0.717, 1.165) is 0 Å². The number of hydrogen-bond donors (Lipinski definition) is 0. The zero-order valence-electron chi connectivity index (χ0n) is 11.2. The Morgan fingerprint density at radius 1 is 1.30 bits per heavy atom. The van der Waals surface area contributed by atoms with Crippen molar-refractivity contribution in [3.8, 4) is 11.3 Å². The number of halogens is 3. The van der Waals surface area contributed by atoms with E-state index in [0.29, 0.717) is 16.9 Å². The van der Waals surface area contributed by atoms with Crippen LogP contribution in [-0.2, 0) is 5.54 Å². The molecule has 1 aromatic carbocycles. The average Bonchev–Trinajstić information content (AvgIpc) is 2.69. The summed E-state index contributed by atoms with van der Waals surface area (Å²) in [5, 5.41) is 4.85. The molecule has 106 valence electrons. The molecular formula is C14H13Cl2FN2O. The van der Waals surface area contributed by atoms with Crippen LogP contribution in [0.2, 0.25) is 10.2 Å². The molecule has 2 aromatic rings. The lowest BCUT2D eigenvalue weighted by atomic mass is 10.1. The van der Waals surface area contributed by atoms with Gasteiger partial charge in [-0.3, -0.25) is 4.79 Å². The summed E-state index contributed by atoms with van der Waals surface area (Å²) >= 11 is 12.2. The smallest absolute Gasteiger partial charge is 0.155 e. The van der Waals surface area contributed by atoms with Gasteiger partial charge in [-0.1, -0.05) is 23.2 Å². The number of carbonyl (C=O) groups excluding carboxylic acids is 1. The quantitative estimate of drug-likeness (QED) is 0.761. The van der Waals surface area contributed by atoms with E-state index >= 15 is 0 Å². The van der Waals surface area contributed by atoms with Crippen LogP contribution in [0.1, 0.15) is 31.1 Å². The maximum Gasteiger partial charge on any atom is 0.155 e. The van der Waals surface area contributed by atoms with Gasteiger partial charge in [0.2, 0.25) is 0 Å². The predicted molar refractivity (Wildman–Crippen MR) is 78.0 cm³/mol. The lowest BCUT2D eigenvalue weighted by Gasteiger charge is -2.20. The summed E-state index contributed by atoms with van der Waals surface area (Å²) in [6.45, 7) is 5.70. The highest BCUT2D eigenvalue weighted by atomic mass is 35.5. The minimum atomic E-state index is -0.456. The van der Waals surface area contributed by atoms with Crippen LogP contribution in [0.4, 0.5) is 4.39 Å². The number of aldehydes is 1. The van der Waals surface area contributed by atoms with Gasteiger partial charge in [-0.15, -0.1) is 0 Å². The molecule has 6 heteroatoms. The molecule has 0 saturated heterocycles. The van der Waals surface area contributed by atoms with Crippen molar-refractivity contribution in [2.75, 3.05) is 0 Å². The number of carbonyl (C=O) groups is 1. The first-order chi connectivity index (χ1) is 9.25. The predicted octanol–water partition coefficient (Wildman–Crippen LogP) is 4.56. The molecule has 2 rings (SSSR count). The fourth-order valence-electron chi connectivity index (χ4n) is 1.84. The van der Waals surface area contributed by atoms with E-state index < -0.39 is 11.4 Å². The fourth-order valence-corrected chi connectivity index (χ4v) is 2.47. The molecule has 0 fully saturated rings. The summed E-state index contributed by atoms with van der Waals surface area (Å²) in [5.41, 5.74) is 0.421. The third kappa shape index (κ3) is 2.58. The number of aromatic nitrogens is 2. The molecule has 0 saturated carbocycles. The Kier molecular flexibility index (Phi) is 3.89. The van der Waals surface area contributed by atoms with Gasteiger partial charge in [-0.2, -0.15) is 5.10 Å². The third-order valence-corrected chi connectivity index (χ3v) is 3.49. The van der Waals surface area contributed by atoms with E-state index in [1.165, 1.54) is 22.9 Å². The van der Waals surface area contributed by atoms with Crippen LogP contribution in [0.15, 0.2) is 18.2 Å². The second-order valence-electron chi connectivity index (χ2n) is 5.38. The van der Waals surface area contributed by atoms with Crippen LogP contribution < -0.4 is 0 Å². The topological polar surface area (TPSA) is 34.9 Å². The first-order valence-corrected chi connectivity index (χ1v) is 6.71. The monoisotopic (exact) mass is 314 g/mol. The maximum absolute atomic E-state index is 13.4. The molecule has 3 nitrogen and oxygen atoms in total. The van der Waals surface area contributed by atoms with Crippen LogP contribution in [0, 0.1) is 5.82 Å². The van der Waals surface area contributed by atoms with E-state index in [1.807, 2.05) is 20.8 Å². The van der Waals surface area contributed by atoms with E-state index in [9.17, 15) is 9.18 Å². The molecule has 0 N–H and O–H groups in total. The van der Waals surface area contributed by atoms with Crippen molar-refractivity contribution in [2.45, 2.75) is 26.3 Å². The van der Waals surface area contributed by atoms with Crippen LogP contribution in [0.25, 0.3) is 11.3 Å². The molecule has 1 heterocycles. The molecular weight excluding hydrogens is 302 g/mol. The van der Waals surface area contributed by atoms with Gasteiger partial charge in [0.05, 0.1) is 16.1 Å². The van der Waals surface area contributed by atoms with Crippen molar-refractivity contribution in [3.05, 3.63) is 39.8 Å². The average molecular weight is 315 g/mol. The van der Waals surface area contributed by atoms with Crippen molar-refractivity contribution in [1.29, 1.82) is 0 Å². The van der Waals surface area contributed by atoms with E-state index in [4.69, 9.17) is 23.2 Å². The Hall–Kier alpha value is -1.39. The molecule has 0 atom stereocenters. The van der Waals surface area contributed by atoms with Gasteiger partial charge < -0.3 is 0 Å². The Bertz CT molecular complexity index is 675. The minimum absolute atomic E-state index is 0.203. The molecule has 0 radical (unpaired) electrons. The SMILES string of the molecule is CC(C)(C)n1nc(-c2cc(F)ccc2Cl)c(C=O)c1Cl. The van der Waals surface area contributed by atoms with Crippen molar-refractivity contribution in [3.63, 3.8) is 0 Å². The summed E-state index contributed by atoms with van der Waals surface area (Å²) in [6.07, 6.45) is 0.605. The largest absolute Gasteiger partial charge is 0.298 e. The van der Waals surface area contributed by atoms with E-state index in [-0.39, 0.29) is 16.4 Å². The van der Waals surface area contributed by atoms with Gasteiger partial charge in [0.15, 0.2) is 6.29 Å². The van der Waals surface area contributed by atoms with Crippen LogP contribution >= 0.6 is 23.2 Å². The standard InChI is InChI=1S/C14H13Cl2FN2O/c1-14(2,3)19-13(16)10(7-20)12(18-19)9-6-8(17)4-5-11(9)15/h4-7H,1-3H3. The van der Waals surface area contributed by atoms with Crippen LogP contribution in [0.5, 0.6) is 0 Å². The molecule has 1 aromatic heterocycles. The number of hydrogen-bond acceptors (Lipinski definition) is 2.